The van der Waals surface area contributed by atoms with Crippen LogP contribution in [0.2, 0.25) is 0 Å². The minimum Gasteiger partial charge on any atom is -0.465 e. The van der Waals surface area contributed by atoms with Crippen LogP contribution in [0.3, 0.4) is 0 Å². The maximum absolute atomic E-state index is 9.77. The van der Waals surface area contributed by atoms with Crippen LogP contribution in [0.15, 0.2) is 0 Å². The Morgan fingerprint density at radius 2 is 1.31 bits per heavy atom. The molecule has 0 aliphatic carbocycles. The third kappa shape index (κ3) is 13.4. The van der Waals surface area contributed by atoms with Gasteiger partial charge in [-0.1, -0.05) is 13.3 Å². The fourth-order valence-electron chi connectivity index (χ4n) is 0.943. The summed E-state index contributed by atoms with van der Waals surface area (Å²) in [4.78, 5) is 9.77. The average molecular weight is 234 g/mol. The van der Waals surface area contributed by atoms with Crippen LogP contribution >= 0.6 is 0 Å². The van der Waals surface area contributed by atoms with Crippen molar-refractivity contribution in [2.75, 3.05) is 46.2 Å². The second kappa shape index (κ2) is 14.3. The molecule has 0 aliphatic heterocycles. The molecule has 0 heterocycles. The minimum atomic E-state index is 0.295. The molecule has 0 aliphatic rings. The molecule has 5 nitrogen and oxygen atoms in total. The average Bonchev–Trinajstić information content (AvgIpc) is 2.31. The quantitative estimate of drug-likeness (QED) is 0.351. The summed E-state index contributed by atoms with van der Waals surface area (Å²) in [7, 11) is 0. The van der Waals surface area contributed by atoms with Crippen molar-refractivity contribution < 1.29 is 23.7 Å². The summed E-state index contributed by atoms with van der Waals surface area (Å²) in [6.45, 7) is 6.33. The van der Waals surface area contributed by atoms with E-state index < -0.39 is 0 Å². The monoisotopic (exact) mass is 234 g/mol. The summed E-state index contributed by atoms with van der Waals surface area (Å²) in [6.07, 6.45) is 2.25. The van der Waals surface area contributed by atoms with Gasteiger partial charge in [0, 0.05) is 6.61 Å². The molecule has 0 spiro atoms. The Hall–Kier alpha value is -0.650. The lowest BCUT2D eigenvalue weighted by Gasteiger charge is -2.06. The van der Waals surface area contributed by atoms with Gasteiger partial charge in [0.1, 0.15) is 6.61 Å². The topological polar surface area (TPSA) is 54.0 Å². The highest BCUT2D eigenvalue weighted by Crippen LogP contribution is 1.88. The lowest BCUT2D eigenvalue weighted by Crippen LogP contribution is -2.11. The van der Waals surface area contributed by atoms with E-state index in [9.17, 15) is 4.79 Å². The number of ether oxygens (including phenoxy) is 4. The van der Waals surface area contributed by atoms with Crippen molar-refractivity contribution in [3.63, 3.8) is 0 Å². The van der Waals surface area contributed by atoms with E-state index in [4.69, 9.17) is 14.2 Å². The molecule has 96 valence electrons. The summed E-state index contributed by atoms with van der Waals surface area (Å²) in [5.41, 5.74) is 0. The molecular formula is C11H22O5. The first-order valence-electron chi connectivity index (χ1n) is 5.70. The van der Waals surface area contributed by atoms with Crippen molar-refractivity contribution in [2.24, 2.45) is 0 Å². The molecule has 0 saturated carbocycles. The van der Waals surface area contributed by atoms with Crippen molar-refractivity contribution in [1.82, 2.24) is 0 Å². The van der Waals surface area contributed by atoms with E-state index in [0.717, 1.165) is 19.4 Å². The van der Waals surface area contributed by atoms with Gasteiger partial charge in [-0.05, 0) is 6.42 Å². The van der Waals surface area contributed by atoms with Gasteiger partial charge in [-0.3, -0.25) is 4.79 Å². The molecule has 0 saturated heterocycles. The predicted octanol–water partition coefficient (Wildman–Crippen LogP) is 1.01. The minimum absolute atomic E-state index is 0.295. The highest BCUT2D eigenvalue weighted by Gasteiger charge is 1.91. The summed E-state index contributed by atoms with van der Waals surface area (Å²) in [5.74, 6) is 0. The lowest BCUT2D eigenvalue weighted by atomic mass is 10.4. The van der Waals surface area contributed by atoms with Crippen LogP contribution < -0.4 is 0 Å². The Morgan fingerprint density at radius 1 is 0.812 bits per heavy atom. The number of carbonyl (C=O) groups is 1. The largest absolute Gasteiger partial charge is 0.465 e. The molecule has 0 aromatic carbocycles. The Bertz CT molecular complexity index is 140. The van der Waals surface area contributed by atoms with Gasteiger partial charge in [0.25, 0.3) is 6.47 Å². The van der Waals surface area contributed by atoms with Gasteiger partial charge in [-0.2, -0.15) is 0 Å². The molecule has 0 aromatic heterocycles. The number of hydrogen-bond acceptors (Lipinski definition) is 5. The van der Waals surface area contributed by atoms with Gasteiger partial charge in [0.05, 0.1) is 33.0 Å². The molecule has 0 amide bonds. The maximum Gasteiger partial charge on any atom is 0.293 e. The molecular weight excluding hydrogens is 212 g/mol. The fraction of sp³-hybridized carbons (Fsp3) is 0.909. The third-order valence-electron chi connectivity index (χ3n) is 1.80. The molecule has 0 unspecified atom stereocenters. The van der Waals surface area contributed by atoms with Gasteiger partial charge >= 0.3 is 0 Å². The van der Waals surface area contributed by atoms with Gasteiger partial charge in [0.2, 0.25) is 0 Å². The lowest BCUT2D eigenvalue weighted by molar-refractivity contribution is -0.130. The van der Waals surface area contributed by atoms with Crippen molar-refractivity contribution >= 4 is 6.47 Å². The molecule has 0 aromatic rings. The maximum atomic E-state index is 9.77. The van der Waals surface area contributed by atoms with Gasteiger partial charge in [0.15, 0.2) is 0 Å². The molecule has 0 fully saturated rings. The Kier molecular flexibility index (Phi) is 13.8. The predicted molar refractivity (Wildman–Crippen MR) is 59.4 cm³/mol. The SMILES string of the molecule is CCCCOCCOCCOCCOC=O. The number of rotatable bonds is 13. The molecule has 0 rings (SSSR count). The van der Waals surface area contributed by atoms with Crippen LogP contribution in [0.1, 0.15) is 19.8 Å². The number of unbranched alkanes of at least 4 members (excludes halogenated alkanes) is 1. The number of carbonyl (C=O) groups excluding carboxylic acids is 1. The van der Waals surface area contributed by atoms with E-state index in [-0.39, 0.29) is 0 Å². The van der Waals surface area contributed by atoms with Crippen molar-refractivity contribution in [3.8, 4) is 0 Å². The van der Waals surface area contributed by atoms with Crippen molar-refractivity contribution in [2.45, 2.75) is 19.8 Å². The summed E-state index contributed by atoms with van der Waals surface area (Å²) in [5, 5.41) is 0. The second-order valence-electron chi connectivity index (χ2n) is 3.16. The first-order valence-corrected chi connectivity index (χ1v) is 5.70. The third-order valence-corrected chi connectivity index (χ3v) is 1.80. The highest BCUT2D eigenvalue weighted by molar-refractivity contribution is 5.36. The molecule has 0 radical (unpaired) electrons. The van der Waals surface area contributed by atoms with E-state index in [0.29, 0.717) is 46.1 Å². The Morgan fingerprint density at radius 3 is 1.81 bits per heavy atom. The highest BCUT2D eigenvalue weighted by atomic mass is 16.6. The second-order valence-corrected chi connectivity index (χ2v) is 3.16. The Labute approximate surface area is 97.0 Å². The molecule has 0 bridgehead atoms. The van der Waals surface area contributed by atoms with Crippen LogP contribution in [-0.2, 0) is 23.7 Å². The summed E-state index contributed by atoms with van der Waals surface area (Å²) < 4.78 is 20.1. The summed E-state index contributed by atoms with van der Waals surface area (Å²) in [6, 6.07) is 0. The zero-order valence-electron chi connectivity index (χ0n) is 9.98. The van der Waals surface area contributed by atoms with Crippen LogP contribution in [0, 0.1) is 0 Å². The standard InChI is InChI=1S/C11H22O5/c1-2-3-4-13-5-6-14-7-8-15-9-10-16-11-12/h11H,2-10H2,1H3. The van der Waals surface area contributed by atoms with Gasteiger partial charge < -0.3 is 18.9 Å². The fourth-order valence-corrected chi connectivity index (χ4v) is 0.943. The van der Waals surface area contributed by atoms with Crippen molar-refractivity contribution in [3.05, 3.63) is 0 Å². The van der Waals surface area contributed by atoms with Crippen LogP contribution in [-0.4, -0.2) is 52.7 Å². The Balaban J connectivity index is 2.85. The van der Waals surface area contributed by atoms with Crippen LogP contribution in [0.5, 0.6) is 0 Å². The smallest absolute Gasteiger partial charge is 0.293 e. The summed E-state index contributed by atoms with van der Waals surface area (Å²) >= 11 is 0. The molecule has 0 N–H and O–H groups in total. The zero-order chi connectivity index (χ0) is 11.9. The molecule has 5 heteroatoms. The van der Waals surface area contributed by atoms with Gasteiger partial charge in [-0.25, -0.2) is 0 Å². The zero-order valence-corrected chi connectivity index (χ0v) is 9.98. The first-order chi connectivity index (χ1) is 7.91. The molecule has 16 heavy (non-hydrogen) atoms. The van der Waals surface area contributed by atoms with Crippen LogP contribution in [0.4, 0.5) is 0 Å². The molecule has 0 atom stereocenters. The van der Waals surface area contributed by atoms with Crippen LogP contribution in [0.25, 0.3) is 0 Å². The number of hydrogen-bond donors (Lipinski definition) is 0. The van der Waals surface area contributed by atoms with E-state index in [1.54, 1.807) is 0 Å². The van der Waals surface area contributed by atoms with E-state index >= 15 is 0 Å². The van der Waals surface area contributed by atoms with Gasteiger partial charge in [-0.15, -0.1) is 0 Å². The first kappa shape index (κ1) is 15.3. The van der Waals surface area contributed by atoms with E-state index in [1.165, 1.54) is 0 Å². The van der Waals surface area contributed by atoms with E-state index in [1.807, 2.05) is 0 Å². The normalized spacial score (nSPS) is 10.3. The van der Waals surface area contributed by atoms with Crippen molar-refractivity contribution in [1.29, 1.82) is 0 Å². The van der Waals surface area contributed by atoms with E-state index in [2.05, 4.69) is 11.7 Å².